The SMILES string of the molecule is C=CC(C)(C)c1[nH]c2ccccc2c1C[C@@H](C(=O)O)N1C(=O)c2ccccc2C1=O. The normalized spacial score (nSPS) is 14.8. The second kappa shape index (κ2) is 6.99. The maximum Gasteiger partial charge on any atom is 0.327 e. The molecule has 2 amide bonds. The summed E-state index contributed by atoms with van der Waals surface area (Å²) in [4.78, 5) is 42.3. The summed E-state index contributed by atoms with van der Waals surface area (Å²) in [5.41, 5.74) is 2.46. The molecule has 1 aromatic heterocycles. The molecule has 0 saturated carbocycles. The van der Waals surface area contributed by atoms with E-state index < -0.39 is 29.2 Å². The van der Waals surface area contributed by atoms with Crippen LogP contribution in [0, 0.1) is 0 Å². The third-order valence-corrected chi connectivity index (χ3v) is 5.79. The van der Waals surface area contributed by atoms with E-state index >= 15 is 0 Å². The van der Waals surface area contributed by atoms with Crippen molar-refractivity contribution in [3.63, 3.8) is 0 Å². The smallest absolute Gasteiger partial charge is 0.327 e. The highest BCUT2D eigenvalue weighted by atomic mass is 16.4. The minimum Gasteiger partial charge on any atom is -0.480 e. The molecule has 0 unspecified atom stereocenters. The Hall–Kier alpha value is -3.67. The van der Waals surface area contributed by atoms with E-state index in [-0.39, 0.29) is 17.5 Å². The molecular weight excluding hydrogens is 380 g/mol. The largest absolute Gasteiger partial charge is 0.480 e. The van der Waals surface area contributed by atoms with E-state index in [0.717, 1.165) is 27.1 Å². The quantitative estimate of drug-likeness (QED) is 0.483. The topological polar surface area (TPSA) is 90.5 Å². The molecule has 0 bridgehead atoms. The summed E-state index contributed by atoms with van der Waals surface area (Å²) < 4.78 is 0. The van der Waals surface area contributed by atoms with Gasteiger partial charge in [0.1, 0.15) is 6.04 Å². The number of nitrogens with zero attached hydrogens (tertiary/aromatic N) is 1. The van der Waals surface area contributed by atoms with E-state index in [1.807, 2.05) is 38.1 Å². The third kappa shape index (κ3) is 2.92. The molecule has 0 aliphatic carbocycles. The zero-order valence-corrected chi connectivity index (χ0v) is 16.8. The van der Waals surface area contributed by atoms with Crippen molar-refractivity contribution in [1.82, 2.24) is 9.88 Å². The zero-order chi connectivity index (χ0) is 21.6. The van der Waals surface area contributed by atoms with Crippen LogP contribution in [0.3, 0.4) is 0 Å². The van der Waals surface area contributed by atoms with Gasteiger partial charge in [0.05, 0.1) is 11.1 Å². The number of aromatic nitrogens is 1. The zero-order valence-electron chi connectivity index (χ0n) is 16.8. The second-order valence-electron chi connectivity index (χ2n) is 8.03. The number of benzene rings is 2. The molecule has 6 heteroatoms. The molecule has 0 fully saturated rings. The Morgan fingerprint density at radius 2 is 1.67 bits per heavy atom. The number of carbonyl (C=O) groups excluding carboxylic acids is 2. The number of aromatic amines is 1. The van der Waals surface area contributed by atoms with Gasteiger partial charge in [0.2, 0.25) is 0 Å². The summed E-state index contributed by atoms with van der Waals surface area (Å²) >= 11 is 0. The predicted molar refractivity (Wildman–Crippen MR) is 114 cm³/mol. The number of H-pyrrole nitrogens is 1. The molecule has 1 atom stereocenters. The second-order valence-corrected chi connectivity index (χ2v) is 8.03. The molecule has 4 rings (SSSR count). The Morgan fingerprint density at radius 3 is 2.23 bits per heavy atom. The molecule has 0 spiro atoms. The van der Waals surface area contributed by atoms with Crippen molar-refractivity contribution in [1.29, 1.82) is 0 Å². The van der Waals surface area contributed by atoms with Gasteiger partial charge in [-0.25, -0.2) is 4.79 Å². The highest BCUT2D eigenvalue weighted by molar-refractivity contribution is 6.22. The van der Waals surface area contributed by atoms with Crippen LogP contribution in [0.4, 0.5) is 0 Å². The van der Waals surface area contributed by atoms with Gasteiger partial charge >= 0.3 is 5.97 Å². The maximum atomic E-state index is 12.9. The number of hydrogen-bond donors (Lipinski definition) is 2. The lowest BCUT2D eigenvalue weighted by Gasteiger charge is -2.25. The summed E-state index contributed by atoms with van der Waals surface area (Å²) in [6, 6.07) is 12.7. The highest BCUT2D eigenvalue weighted by Crippen LogP contribution is 2.35. The van der Waals surface area contributed by atoms with Crippen molar-refractivity contribution < 1.29 is 19.5 Å². The number of rotatable bonds is 6. The van der Waals surface area contributed by atoms with Crippen molar-refractivity contribution in [2.75, 3.05) is 0 Å². The molecule has 1 aliphatic rings. The lowest BCUT2D eigenvalue weighted by atomic mass is 9.85. The number of para-hydroxylation sites is 1. The molecule has 3 aromatic rings. The van der Waals surface area contributed by atoms with Crippen LogP contribution in [-0.4, -0.2) is 38.8 Å². The molecular formula is C24H22N2O4. The van der Waals surface area contributed by atoms with Gasteiger partial charge in [-0.3, -0.25) is 14.5 Å². The predicted octanol–water partition coefficient (Wildman–Crippen LogP) is 3.92. The molecule has 2 N–H and O–H groups in total. The summed E-state index contributed by atoms with van der Waals surface area (Å²) in [5, 5.41) is 10.9. The van der Waals surface area contributed by atoms with Gasteiger partial charge in [-0.05, 0) is 23.8 Å². The average Bonchev–Trinajstić information content (AvgIpc) is 3.23. The van der Waals surface area contributed by atoms with Gasteiger partial charge in [0.25, 0.3) is 11.8 Å². The van der Waals surface area contributed by atoms with E-state index in [1.54, 1.807) is 30.3 Å². The minimum atomic E-state index is -1.32. The molecule has 30 heavy (non-hydrogen) atoms. The fraction of sp³-hybridized carbons (Fsp3) is 0.208. The number of hydrogen-bond acceptors (Lipinski definition) is 3. The Morgan fingerprint density at radius 1 is 1.10 bits per heavy atom. The first-order valence-electron chi connectivity index (χ1n) is 9.69. The molecule has 2 aromatic carbocycles. The molecule has 1 aliphatic heterocycles. The first-order chi connectivity index (χ1) is 14.3. The number of amides is 2. The Balaban J connectivity index is 1.83. The van der Waals surface area contributed by atoms with Crippen molar-refractivity contribution in [3.05, 3.63) is 83.6 Å². The summed E-state index contributed by atoms with van der Waals surface area (Å²) in [7, 11) is 0. The monoisotopic (exact) mass is 402 g/mol. The standard InChI is InChI=1S/C24H22N2O4/c1-4-24(2,3)20-17(14-9-7-8-12-18(14)25-20)13-19(23(29)30)26-21(27)15-10-5-6-11-16(15)22(26)28/h4-12,19,25H,1,13H2,2-3H3,(H,29,30)/t19-/m0/s1. The van der Waals surface area contributed by atoms with Crippen LogP contribution in [0.25, 0.3) is 10.9 Å². The van der Waals surface area contributed by atoms with E-state index in [4.69, 9.17) is 0 Å². The number of allylic oxidation sites excluding steroid dienone is 1. The number of nitrogens with one attached hydrogen (secondary N) is 1. The van der Waals surface area contributed by atoms with E-state index in [1.165, 1.54) is 0 Å². The van der Waals surface area contributed by atoms with Crippen molar-refractivity contribution in [3.8, 4) is 0 Å². The fourth-order valence-corrected chi connectivity index (χ4v) is 4.04. The first kappa shape index (κ1) is 19.6. The minimum absolute atomic E-state index is 0.00256. The lowest BCUT2D eigenvalue weighted by Crippen LogP contribution is -2.46. The number of fused-ring (bicyclic) bond motifs is 2. The van der Waals surface area contributed by atoms with Crippen LogP contribution in [-0.2, 0) is 16.6 Å². The summed E-state index contributed by atoms with van der Waals surface area (Å²) in [6.45, 7) is 7.86. The van der Waals surface area contributed by atoms with Gasteiger partial charge in [0, 0.05) is 28.4 Å². The number of aliphatic carboxylic acids is 1. The number of imide groups is 1. The molecule has 2 heterocycles. The van der Waals surface area contributed by atoms with Gasteiger partial charge in [-0.1, -0.05) is 50.3 Å². The van der Waals surface area contributed by atoms with Gasteiger partial charge in [-0.2, -0.15) is 0 Å². The molecule has 0 saturated heterocycles. The first-order valence-corrected chi connectivity index (χ1v) is 9.69. The Bertz CT molecular complexity index is 1170. The summed E-state index contributed by atoms with van der Waals surface area (Å²) in [5.74, 6) is -2.38. The lowest BCUT2D eigenvalue weighted by molar-refractivity contribution is -0.141. The highest BCUT2D eigenvalue weighted by Gasteiger charge is 2.43. The van der Waals surface area contributed by atoms with Gasteiger partial charge in [0.15, 0.2) is 0 Å². The maximum absolute atomic E-state index is 12.9. The number of carbonyl (C=O) groups is 3. The van der Waals surface area contributed by atoms with Crippen LogP contribution >= 0.6 is 0 Å². The Kier molecular flexibility index (Phi) is 4.57. The molecule has 0 radical (unpaired) electrons. The third-order valence-electron chi connectivity index (χ3n) is 5.79. The Labute approximate surface area is 173 Å². The van der Waals surface area contributed by atoms with Crippen LogP contribution in [0.2, 0.25) is 0 Å². The van der Waals surface area contributed by atoms with Gasteiger partial charge < -0.3 is 10.1 Å². The van der Waals surface area contributed by atoms with Crippen molar-refractivity contribution in [2.24, 2.45) is 0 Å². The summed E-state index contributed by atoms with van der Waals surface area (Å²) in [6.07, 6.45) is 1.79. The van der Waals surface area contributed by atoms with E-state index in [0.29, 0.717) is 0 Å². The van der Waals surface area contributed by atoms with Crippen molar-refractivity contribution in [2.45, 2.75) is 31.7 Å². The number of carboxylic acids is 1. The van der Waals surface area contributed by atoms with Crippen molar-refractivity contribution >= 4 is 28.7 Å². The van der Waals surface area contributed by atoms with Crippen LogP contribution in [0.5, 0.6) is 0 Å². The van der Waals surface area contributed by atoms with Crippen LogP contribution in [0.15, 0.2) is 61.2 Å². The van der Waals surface area contributed by atoms with Crippen LogP contribution in [0.1, 0.15) is 45.8 Å². The van der Waals surface area contributed by atoms with Gasteiger partial charge in [-0.15, -0.1) is 6.58 Å². The van der Waals surface area contributed by atoms with E-state index in [2.05, 4.69) is 11.6 Å². The molecule has 6 nitrogen and oxygen atoms in total. The average molecular weight is 402 g/mol. The van der Waals surface area contributed by atoms with E-state index in [9.17, 15) is 19.5 Å². The van der Waals surface area contributed by atoms with Crippen LogP contribution < -0.4 is 0 Å². The molecule has 152 valence electrons. The number of carboxylic acid groups (broad SMARTS) is 1. The fourth-order valence-electron chi connectivity index (χ4n) is 4.04.